The maximum Gasteiger partial charge on any atom is 0.146 e. The van der Waals surface area contributed by atoms with Crippen LogP contribution in [0.3, 0.4) is 0 Å². The molecule has 0 radical (unpaired) electrons. The number of hydrogen-bond acceptors (Lipinski definition) is 0. The minimum absolute atomic E-state index is 0.237. The summed E-state index contributed by atoms with van der Waals surface area (Å²) in [6.45, 7) is 6.09. The number of unbranched alkanes of at least 4 members (excludes halogenated alkanes) is 2. The Morgan fingerprint density at radius 3 is 1.64 bits per heavy atom. The summed E-state index contributed by atoms with van der Waals surface area (Å²) in [6.07, 6.45) is 35.5. The quantitative estimate of drug-likeness (QED) is 0.156. The Kier molecular flexibility index (Phi) is 7.18. The van der Waals surface area contributed by atoms with Crippen molar-refractivity contribution in [2.24, 2.45) is 35.5 Å². The standard InChI is InChI=1S/C34H58BP/c1-3-8-32-10-7-9-25(2)35(32)11-5-4-6-12-36(33-19-26-13-27(20-33)15-28(14-26)21-33)34-22-29-16-30(23-34)18-31(17-29)24-34/h25-32H,3-24H2,1-2H3/t25?,26?,27?,28?,29?,30?,31?,32-,33?,34?,36?/m1/s1. The summed E-state index contributed by atoms with van der Waals surface area (Å²) in [6, 6.07) is 0. The van der Waals surface area contributed by atoms with E-state index in [0.29, 0.717) is 0 Å². The summed E-state index contributed by atoms with van der Waals surface area (Å²) in [5, 5.41) is 1.72. The van der Waals surface area contributed by atoms with Crippen molar-refractivity contribution in [3.8, 4) is 0 Å². The van der Waals surface area contributed by atoms with Crippen molar-refractivity contribution < 1.29 is 0 Å². The van der Waals surface area contributed by atoms with Crippen LogP contribution in [0.4, 0.5) is 0 Å². The van der Waals surface area contributed by atoms with Gasteiger partial charge in [0.15, 0.2) is 0 Å². The monoisotopic (exact) mass is 508 g/mol. The van der Waals surface area contributed by atoms with Crippen LogP contribution in [0.1, 0.15) is 142 Å². The average molecular weight is 509 g/mol. The predicted molar refractivity (Wildman–Crippen MR) is 160 cm³/mol. The zero-order valence-electron chi connectivity index (χ0n) is 24.2. The van der Waals surface area contributed by atoms with E-state index >= 15 is 0 Å². The third-order valence-corrected chi connectivity index (χ3v) is 18.0. The van der Waals surface area contributed by atoms with Crippen molar-refractivity contribution in [3.05, 3.63) is 0 Å². The molecule has 0 aromatic rings. The number of hydrogen-bond donors (Lipinski definition) is 0. The fourth-order valence-electron chi connectivity index (χ4n) is 13.4. The van der Waals surface area contributed by atoms with Crippen LogP contribution in [0.5, 0.6) is 0 Å². The van der Waals surface area contributed by atoms with E-state index in [4.69, 9.17) is 0 Å². The summed E-state index contributed by atoms with van der Waals surface area (Å²) in [5.74, 6) is 8.98. The minimum atomic E-state index is 0.237. The molecular weight excluding hydrogens is 450 g/mol. The first-order chi connectivity index (χ1) is 17.5. The lowest BCUT2D eigenvalue weighted by molar-refractivity contribution is 0.0185. The second-order valence-corrected chi connectivity index (χ2v) is 19.6. The smallest absolute Gasteiger partial charge is 0.0939 e. The molecule has 1 heterocycles. The molecule has 202 valence electrons. The van der Waals surface area contributed by atoms with Gasteiger partial charge in [0.1, 0.15) is 6.71 Å². The summed E-state index contributed by atoms with van der Waals surface area (Å²) >= 11 is 0. The van der Waals surface area contributed by atoms with Crippen LogP contribution >= 0.6 is 7.92 Å². The van der Waals surface area contributed by atoms with Crippen LogP contribution in [-0.2, 0) is 0 Å². The maximum absolute atomic E-state index is 2.60. The third-order valence-electron chi connectivity index (χ3n) is 13.8. The zero-order chi connectivity index (χ0) is 24.3. The van der Waals surface area contributed by atoms with Gasteiger partial charge < -0.3 is 0 Å². The van der Waals surface area contributed by atoms with Gasteiger partial charge in [-0.05, 0) is 135 Å². The molecule has 36 heavy (non-hydrogen) atoms. The minimum Gasteiger partial charge on any atom is -0.0939 e. The van der Waals surface area contributed by atoms with Gasteiger partial charge in [-0.2, -0.15) is 0 Å². The van der Waals surface area contributed by atoms with E-state index in [2.05, 4.69) is 13.8 Å². The SMILES string of the molecule is CCC[C@@H]1CCCC(C)B1CCCCCP(C12CC3CC(CC(C3)C1)C2)C12CC3CC(CC(C3)C1)C2. The molecule has 8 saturated carbocycles. The van der Waals surface area contributed by atoms with Crippen molar-refractivity contribution in [2.75, 3.05) is 6.16 Å². The number of rotatable bonds is 10. The van der Waals surface area contributed by atoms with Crippen LogP contribution in [0, 0.1) is 35.5 Å². The first kappa shape index (κ1) is 25.5. The summed E-state index contributed by atoms with van der Waals surface area (Å²) < 4.78 is 0. The van der Waals surface area contributed by atoms with E-state index < -0.39 is 0 Å². The lowest BCUT2D eigenvalue weighted by Gasteiger charge is -2.67. The summed E-state index contributed by atoms with van der Waals surface area (Å²) in [5.41, 5.74) is 0. The van der Waals surface area contributed by atoms with E-state index in [0.717, 1.165) is 64.2 Å². The lowest BCUT2D eigenvalue weighted by atomic mass is 9.28. The molecule has 0 aromatic carbocycles. The predicted octanol–water partition coefficient (Wildman–Crippen LogP) is 10.8. The molecule has 0 spiro atoms. The van der Waals surface area contributed by atoms with Crippen LogP contribution < -0.4 is 0 Å². The fourth-order valence-corrected chi connectivity index (χ4v) is 18.8. The van der Waals surface area contributed by atoms with Gasteiger partial charge in [0.25, 0.3) is 0 Å². The van der Waals surface area contributed by atoms with Crippen LogP contribution in [0.15, 0.2) is 0 Å². The molecule has 9 rings (SSSR count). The van der Waals surface area contributed by atoms with Crippen LogP contribution in [0.2, 0.25) is 18.0 Å². The highest BCUT2D eigenvalue weighted by Crippen LogP contribution is 2.78. The van der Waals surface area contributed by atoms with Crippen molar-refractivity contribution >= 4 is 14.6 Å². The van der Waals surface area contributed by atoms with Gasteiger partial charge in [0.2, 0.25) is 0 Å². The summed E-state index contributed by atoms with van der Waals surface area (Å²) in [4.78, 5) is 0. The first-order valence-corrected chi connectivity index (χ1v) is 18.8. The Balaban J connectivity index is 1.04. The summed E-state index contributed by atoms with van der Waals surface area (Å²) in [7, 11) is 0.237. The van der Waals surface area contributed by atoms with Gasteiger partial charge in [-0.25, -0.2) is 0 Å². The highest BCUT2D eigenvalue weighted by Gasteiger charge is 2.62. The second-order valence-electron chi connectivity index (χ2n) is 16.4. The third kappa shape index (κ3) is 4.62. The Morgan fingerprint density at radius 2 is 1.17 bits per heavy atom. The van der Waals surface area contributed by atoms with Crippen molar-refractivity contribution in [3.63, 3.8) is 0 Å². The largest absolute Gasteiger partial charge is 0.146 e. The average Bonchev–Trinajstić information content (AvgIpc) is 2.81. The Hall–Kier alpha value is 0.495. The molecule has 1 unspecified atom stereocenters. The highest BCUT2D eigenvalue weighted by molar-refractivity contribution is 7.61. The molecule has 0 nitrogen and oxygen atoms in total. The second kappa shape index (κ2) is 10.2. The van der Waals surface area contributed by atoms with Crippen LogP contribution in [-0.4, -0.2) is 23.2 Å². The van der Waals surface area contributed by atoms with E-state index in [1.165, 1.54) is 25.7 Å². The van der Waals surface area contributed by atoms with Gasteiger partial charge >= 0.3 is 0 Å². The van der Waals surface area contributed by atoms with Crippen molar-refractivity contribution in [1.29, 1.82) is 0 Å². The molecule has 8 aliphatic carbocycles. The Bertz CT molecular complexity index is 657. The highest BCUT2D eigenvalue weighted by atomic mass is 31.1. The van der Waals surface area contributed by atoms with Gasteiger partial charge in [0, 0.05) is 0 Å². The van der Waals surface area contributed by atoms with Gasteiger partial charge in [-0.1, -0.05) is 84.7 Å². The lowest BCUT2D eigenvalue weighted by Crippen LogP contribution is -2.56. The van der Waals surface area contributed by atoms with Gasteiger partial charge in [-0.3, -0.25) is 0 Å². The Morgan fingerprint density at radius 1 is 0.667 bits per heavy atom. The van der Waals surface area contributed by atoms with E-state index in [9.17, 15) is 0 Å². The normalized spacial score (nSPS) is 49.7. The van der Waals surface area contributed by atoms with E-state index in [-0.39, 0.29) is 7.92 Å². The first-order valence-electron chi connectivity index (χ1n) is 17.3. The topological polar surface area (TPSA) is 0 Å². The van der Waals surface area contributed by atoms with Gasteiger partial charge in [0.05, 0.1) is 0 Å². The van der Waals surface area contributed by atoms with E-state index in [1.807, 2.05) is 0 Å². The molecule has 0 amide bonds. The molecule has 2 atom stereocenters. The fraction of sp³-hybridized carbons (Fsp3) is 1.00. The molecule has 9 aliphatic rings. The molecule has 8 bridgehead atoms. The molecule has 9 fully saturated rings. The van der Waals surface area contributed by atoms with Crippen molar-refractivity contribution in [1.82, 2.24) is 0 Å². The van der Waals surface area contributed by atoms with Crippen LogP contribution in [0.25, 0.3) is 0 Å². The Labute approximate surface area is 226 Å². The zero-order valence-corrected chi connectivity index (χ0v) is 25.1. The molecular formula is C34H58BP. The molecule has 1 aliphatic heterocycles. The molecule has 0 N–H and O–H groups in total. The maximum atomic E-state index is 2.60. The van der Waals surface area contributed by atoms with E-state index in [1.54, 1.807) is 115 Å². The molecule has 0 aromatic heterocycles. The molecule has 1 saturated heterocycles. The van der Waals surface area contributed by atoms with Crippen molar-refractivity contribution in [2.45, 2.75) is 171 Å². The molecule has 2 heteroatoms. The van der Waals surface area contributed by atoms with Gasteiger partial charge in [-0.15, -0.1) is 0 Å².